The molecule has 0 radical (unpaired) electrons. The molecule has 6 nitrogen and oxygen atoms in total. The topological polar surface area (TPSA) is 69.6 Å². The molecular formula is C18H21ClN4O2S. The number of halogens is 1. The Labute approximate surface area is 161 Å². The number of rotatable bonds is 4. The molecule has 4 rings (SSSR count). The average Bonchev–Trinajstić information content (AvgIpc) is 3.14. The normalized spacial score (nSPS) is 20.1. The Kier molecular flexibility index (Phi) is 4.86. The Morgan fingerprint density at radius 2 is 1.96 bits per heavy atom. The summed E-state index contributed by atoms with van der Waals surface area (Å²) in [5.41, 5.74) is 2.36. The number of aliphatic hydroxyl groups excluding tert-OH is 1. The monoisotopic (exact) mass is 392 g/mol. The summed E-state index contributed by atoms with van der Waals surface area (Å²) >= 11 is 7.49. The minimum atomic E-state index is -0.457. The van der Waals surface area contributed by atoms with E-state index in [1.54, 1.807) is 5.51 Å². The largest absolute Gasteiger partial charge is 0.393 e. The number of aliphatic hydroxyl groups is 1. The van der Waals surface area contributed by atoms with E-state index in [0.717, 1.165) is 10.7 Å². The first-order valence-electron chi connectivity index (χ1n) is 8.79. The molecule has 0 atom stereocenters. The molecule has 0 aliphatic carbocycles. The van der Waals surface area contributed by atoms with Gasteiger partial charge in [0, 0.05) is 31.2 Å². The number of anilines is 1. The van der Waals surface area contributed by atoms with Crippen LogP contribution in [-0.4, -0.2) is 58.4 Å². The quantitative estimate of drug-likeness (QED) is 0.864. The van der Waals surface area contributed by atoms with Crippen LogP contribution in [0, 0.1) is 5.41 Å². The molecular weight excluding hydrogens is 372 g/mol. The number of carbonyl (C=O) groups is 1. The summed E-state index contributed by atoms with van der Waals surface area (Å²) in [5.74, 6) is 0.181. The summed E-state index contributed by atoms with van der Waals surface area (Å²) in [5, 5.41) is 19.3. The second kappa shape index (κ2) is 7.13. The van der Waals surface area contributed by atoms with Gasteiger partial charge in [-0.1, -0.05) is 35.1 Å². The van der Waals surface area contributed by atoms with Crippen LogP contribution in [0.2, 0.25) is 5.02 Å². The Hall–Kier alpha value is -1.70. The summed E-state index contributed by atoms with van der Waals surface area (Å²) in [4.78, 5) is 17.4. The number of aromatic nitrogens is 2. The summed E-state index contributed by atoms with van der Waals surface area (Å²) in [6.45, 7) is 2.54. The van der Waals surface area contributed by atoms with Gasteiger partial charge in [-0.05, 0) is 37.0 Å². The zero-order valence-corrected chi connectivity index (χ0v) is 15.9. The fourth-order valence-corrected chi connectivity index (χ4v) is 4.53. The van der Waals surface area contributed by atoms with Gasteiger partial charge in [0.1, 0.15) is 5.51 Å². The van der Waals surface area contributed by atoms with E-state index in [0.29, 0.717) is 50.5 Å². The van der Waals surface area contributed by atoms with E-state index >= 15 is 0 Å². The van der Waals surface area contributed by atoms with E-state index in [-0.39, 0.29) is 12.0 Å². The van der Waals surface area contributed by atoms with E-state index in [1.807, 2.05) is 29.2 Å². The zero-order chi connectivity index (χ0) is 18.1. The third-order valence-corrected chi connectivity index (χ3v) is 6.27. The van der Waals surface area contributed by atoms with Crippen molar-refractivity contribution >= 4 is 34.0 Å². The lowest BCUT2D eigenvalue weighted by Gasteiger charge is -2.51. The van der Waals surface area contributed by atoms with Gasteiger partial charge >= 0.3 is 0 Å². The molecule has 1 amide bonds. The van der Waals surface area contributed by atoms with Crippen LogP contribution in [0.1, 0.15) is 18.4 Å². The molecule has 2 aromatic rings. The molecule has 1 aromatic heterocycles. The van der Waals surface area contributed by atoms with Crippen molar-refractivity contribution in [3.63, 3.8) is 0 Å². The Morgan fingerprint density at radius 1 is 1.27 bits per heavy atom. The van der Waals surface area contributed by atoms with Gasteiger partial charge in [0.2, 0.25) is 11.0 Å². The van der Waals surface area contributed by atoms with Crippen LogP contribution in [0.15, 0.2) is 29.8 Å². The van der Waals surface area contributed by atoms with Crippen LogP contribution in [0.4, 0.5) is 5.13 Å². The van der Waals surface area contributed by atoms with Crippen LogP contribution < -0.4 is 4.90 Å². The molecule has 0 unspecified atom stereocenters. The molecule has 0 saturated carbocycles. The maximum atomic E-state index is 13.4. The molecule has 0 bridgehead atoms. The molecule has 0 spiro atoms. The highest BCUT2D eigenvalue weighted by molar-refractivity contribution is 7.13. The molecule has 1 N–H and O–H groups in total. The van der Waals surface area contributed by atoms with Crippen molar-refractivity contribution in [2.45, 2.75) is 25.4 Å². The lowest BCUT2D eigenvalue weighted by Crippen LogP contribution is -2.65. The molecule has 3 heterocycles. The summed E-state index contributed by atoms with van der Waals surface area (Å²) in [6, 6.07) is 7.72. The fraction of sp³-hybridized carbons (Fsp3) is 0.500. The molecule has 8 heteroatoms. The van der Waals surface area contributed by atoms with Crippen molar-refractivity contribution in [3.8, 4) is 0 Å². The predicted octanol–water partition coefficient (Wildman–Crippen LogP) is 2.22. The number of hydrogen-bond donors (Lipinski definition) is 1. The molecule has 2 aliphatic heterocycles. The third-order valence-electron chi connectivity index (χ3n) is 5.27. The molecule has 1 aromatic carbocycles. The van der Waals surface area contributed by atoms with Gasteiger partial charge in [0.05, 0.1) is 11.5 Å². The highest BCUT2D eigenvalue weighted by atomic mass is 35.5. The van der Waals surface area contributed by atoms with Crippen molar-refractivity contribution in [2.75, 3.05) is 31.1 Å². The highest BCUT2D eigenvalue weighted by Crippen LogP contribution is 2.40. The van der Waals surface area contributed by atoms with E-state index in [1.165, 1.54) is 11.3 Å². The van der Waals surface area contributed by atoms with Gasteiger partial charge in [0.25, 0.3) is 0 Å². The second-order valence-corrected chi connectivity index (χ2v) is 8.43. The van der Waals surface area contributed by atoms with Crippen LogP contribution >= 0.6 is 22.9 Å². The maximum absolute atomic E-state index is 13.4. The van der Waals surface area contributed by atoms with E-state index in [4.69, 9.17) is 11.6 Å². The van der Waals surface area contributed by atoms with Crippen molar-refractivity contribution < 1.29 is 9.90 Å². The first-order chi connectivity index (χ1) is 12.6. The van der Waals surface area contributed by atoms with Crippen molar-refractivity contribution in [1.29, 1.82) is 0 Å². The van der Waals surface area contributed by atoms with Crippen molar-refractivity contribution in [1.82, 2.24) is 15.1 Å². The SMILES string of the molecule is O=C(N1CCC(O)CC1)C1(Cc2ccc(Cl)cc2)CN(c2nncs2)C1. The van der Waals surface area contributed by atoms with Gasteiger partial charge in [-0.3, -0.25) is 4.79 Å². The van der Waals surface area contributed by atoms with Gasteiger partial charge < -0.3 is 14.9 Å². The lowest BCUT2D eigenvalue weighted by atomic mass is 9.73. The van der Waals surface area contributed by atoms with Gasteiger partial charge in [-0.25, -0.2) is 0 Å². The highest BCUT2D eigenvalue weighted by Gasteiger charge is 2.52. The molecule has 138 valence electrons. The Balaban J connectivity index is 1.53. The van der Waals surface area contributed by atoms with Gasteiger partial charge in [0.15, 0.2) is 0 Å². The zero-order valence-electron chi connectivity index (χ0n) is 14.3. The van der Waals surface area contributed by atoms with Gasteiger partial charge in [-0.2, -0.15) is 0 Å². The fourth-order valence-electron chi connectivity index (χ4n) is 3.84. The van der Waals surface area contributed by atoms with Crippen LogP contribution in [0.5, 0.6) is 0 Å². The summed E-state index contributed by atoms with van der Waals surface area (Å²) in [6.07, 6.45) is 1.70. The lowest BCUT2D eigenvalue weighted by molar-refractivity contribution is -0.146. The average molecular weight is 393 g/mol. The first kappa shape index (κ1) is 17.7. The number of amides is 1. The molecule has 2 saturated heterocycles. The summed E-state index contributed by atoms with van der Waals surface area (Å²) < 4.78 is 0. The van der Waals surface area contributed by atoms with Crippen molar-refractivity contribution in [3.05, 3.63) is 40.4 Å². The minimum Gasteiger partial charge on any atom is -0.393 e. The molecule has 2 fully saturated rings. The Morgan fingerprint density at radius 3 is 2.58 bits per heavy atom. The molecule has 26 heavy (non-hydrogen) atoms. The number of hydrogen-bond acceptors (Lipinski definition) is 6. The van der Waals surface area contributed by atoms with Gasteiger partial charge in [-0.15, -0.1) is 10.2 Å². The number of carbonyl (C=O) groups excluding carboxylic acids is 1. The number of benzene rings is 1. The van der Waals surface area contributed by atoms with Crippen LogP contribution in [0.3, 0.4) is 0 Å². The smallest absolute Gasteiger partial charge is 0.232 e. The maximum Gasteiger partial charge on any atom is 0.232 e. The number of nitrogens with zero attached hydrogens (tertiary/aromatic N) is 4. The van der Waals surface area contributed by atoms with E-state index in [9.17, 15) is 9.90 Å². The molecule has 2 aliphatic rings. The number of likely N-dealkylation sites (tertiary alicyclic amines) is 1. The standard InChI is InChI=1S/C18H21ClN4O2S/c19-14-3-1-13(2-4-14)9-18(10-23(11-18)17-21-20-12-26-17)16(25)22-7-5-15(24)6-8-22/h1-4,12,15,24H,5-11H2. The van der Waals surface area contributed by atoms with E-state index < -0.39 is 5.41 Å². The van der Waals surface area contributed by atoms with Crippen molar-refractivity contribution in [2.24, 2.45) is 5.41 Å². The minimum absolute atomic E-state index is 0.181. The van der Waals surface area contributed by atoms with E-state index in [2.05, 4.69) is 15.1 Å². The predicted molar refractivity (Wildman–Crippen MR) is 102 cm³/mol. The number of piperidine rings is 1. The third kappa shape index (κ3) is 3.43. The first-order valence-corrected chi connectivity index (χ1v) is 10.0. The van der Waals surface area contributed by atoms with Crippen LogP contribution in [-0.2, 0) is 11.2 Å². The summed E-state index contributed by atoms with van der Waals surface area (Å²) in [7, 11) is 0. The Bertz CT molecular complexity index is 754. The second-order valence-electron chi connectivity index (χ2n) is 7.18. The van der Waals surface area contributed by atoms with Crippen LogP contribution in [0.25, 0.3) is 0 Å².